The van der Waals surface area contributed by atoms with Crippen LogP contribution in [0.5, 0.6) is 5.75 Å². The molecular formula is C15H19FN2O3. The summed E-state index contributed by atoms with van der Waals surface area (Å²) < 4.78 is 19.1. The molecule has 2 rings (SSSR count). The number of carbonyl (C=O) groups excluding carboxylic acids is 2. The third-order valence-corrected chi connectivity index (χ3v) is 3.32. The van der Waals surface area contributed by atoms with Crippen molar-refractivity contribution < 1.29 is 18.7 Å². The Morgan fingerprint density at radius 3 is 2.71 bits per heavy atom. The summed E-state index contributed by atoms with van der Waals surface area (Å²) in [5.41, 5.74) is -0.589. The van der Waals surface area contributed by atoms with Crippen LogP contribution in [0.15, 0.2) is 18.2 Å². The van der Waals surface area contributed by atoms with Crippen LogP contribution in [0.25, 0.3) is 0 Å². The maximum atomic E-state index is 13.9. The molecule has 0 unspecified atom stereocenters. The van der Waals surface area contributed by atoms with Crippen LogP contribution in [0.4, 0.5) is 10.1 Å². The molecule has 1 aromatic carbocycles. The van der Waals surface area contributed by atoms with Gasteiger partial charge in [-0.1, -0.05) is 0 Å². The highest BCUT2D eigenvalue weighted by Crippen LogP contribution is 2.26. The van der Waals surface area contributed by atoms with Gasteiger partial charge in [0.1, 0.15) is 5.54 Å². The average molecular weight is 294 g/mol. The largest absolute Gasteiger partial charge is 0.491 e. The molecule has 0 aliphatic carbocycles. The van der Waals surface area contributed by atoms with Crippen molar-refractivity contribution in [3.05, 3.63) is 24.0 Å². The van der Waals surface area contributed by atoms with E-state index in [1.54, 1.807) is 26.8 Å². The molecule has 1 aromatic rings. The number of benzene rings is 1. The summed E-state index contributed by atoms with van der Waals surface area (Å²) in [7, 11) is 0. The molecule has 1 N–H and O–H groups in total. The summed E-state index contributed by atoms with van der Waals surface area (Å²) in [6, 6.07) is 4.38. The SMILES string of the molecule is CCOc1ccc(N2CCC(=O)NC(C)(C)C2=O)cc1F. The van der Waals surface area contributed by atoms with Gasteiger partial charge in [-0.3, -0.25) is 9.59 Å². The molecule has 1 aliphatic rings. The summed E-state index contributed by atoms with van der Waals surface area (Å²) in [5.74, 6) is -0.834. The summed E-state index contributed by atoms with van der Waals surface area (Å²) >= 11 is 0. The van der Waals surface area contributed by atoms with Crippen LogP contribution in [0.1, 0.15) is 27.2 Å². The van der Waals surface area contributed by atoms with Gasteiger partial charge in [-0.25, -0.2) is 4.39 Å². The standard InChI is InChI=1S/C15H19FN2O3/c1-4-21-12-6-5-10(9-11(12)16)18-8-7-13(19)17-15(2,3)14(18)20/h5-6,9H,4,7-8H2,1-3H3,(H,17,19). The van der Waals surface area contributed by atoms with Crippen molar-refractivity contribution in [3.63, 3.8) is 0 Å². The fourth-order valence-corrected chi connectivity index (χ4v) is 2.29. The molecule has 0 saturated carbocycles. The monoisotopic (exact) mass is 294 g/mol. The van der Waals surface area contributed by atoms with Crippen LogP contribution in [-0.4, -0.2) is 30.5 Å². The third-order valence-electron chi connectivity index (χ3n) is 3.32. The summed E-state index contributed by atoms with van der Waals surface area (Å²) in [6.45, 7) is 5.63. The lowest BCUT2D eigenvalue weighted by atomic mass is 10.0. The van der Waals surface area contributed by atoms with Gasteiger partial charge in [0.05, 0.1) is 6.61 Å². The molecule has 0 spiro atoms. The van der Waals surface area contributed by atoms with Gasteiger partial charge in [0.15, 0.2) is 11.6 Å². The smallest absolute Gasteiger partial charge is 0.252 e. The molecule has 0 aromatic heterocycles. The van der Waals surface area contributed by atoms with Crippen molar-refractivity contribution in [1.82, 2.24) is 5.32 Å². The van der Waals surface area contributed by atoms with Gasteiger partial charge in [-0.15, -0.1) is 0 Å². The molecule has 0 radical (unpaired) electrons. The van der Waals surface area contributed by atoms with E-state index in [0.29, 0.717) is 12.3 Å². The van der Waals surface area contributed by atoms with E-state index in [0.717, 1.165) is 0 Å². The Morgan fingerprint density at radius 1 is 1.38 bits per heavy atom. The average Bonchev–Trinajstić information content (AvgIpc) is 2.50. The molecule has 0 bridgehead atoms. The van der Waals surface area contributed by atoms with Crippen molar-refractivity contribution in [2.24, 2.45) is 0 Å². The van der Waals surface area contributed by atoms with E-state index in [9.17, 15) is 14.0 Å². The van der Waals surface area contributed by atoms with E-state index in [2.05, 4.69) is 5.32 Å². The highest BCUT2D eigenvalue weighted by molar-refractivity contribution is 6.03. The number of rotatable bonds is 3. The lowest BCUT2D eigenvalue weighted by Gasteiger charge is -2.29. The van der Waals surface area contributed by atoms with Crippen LogP contribution in [0.3, 0.4) is 0 Å². The second kappa shape index (κ2) is 5.71. The van der Waals surface area contributed by atoms with Crippen molar-refractivity contribution in [1.29, 1.82) is 0 Å². The predicted molar refractivity (Wildman–Crippen MR) is 76.8 cm³/mol. The van der Waals surface area contributed by atoms with Crippen LogP contribution in [0, 0.1) is 5.82 Å². The maximum absolute atomic E-state index is 13.9. The van der Waals surface area contributed by atoms with Crippen LogP contribution < -0.4 is 15.0 Å². The molecule has 2 amide bonds. The molecule has 1 heterocycles. The molecule has 0 atom stereocenters. The number of nitrogens with zero attached hydrogens (tertiary/aromatic N) is 1. The van der Waals surface area contributed by atoms with Gasteiger partial charge < -0.3 is 15.0 Å². The lowest BCUT2D eigenvalue weighted by Crippen LogP contribution is -2.53. The zero-order valence-corrected chi connectivity index (χ0v) is 12.4. The van der Waals surface area contributed by atoms with E-state index in [1.807, 2.05) is 0 Å². The second-order valence-electron chi connectivity index (χ2n) is 5.43. The fraction of sp³-hybridized carbons (Fsp3) is 0.467. The first kappa shape index (κ1) is 15.3. The maximum Gasteiger partial charge on any atom is 0.252 e. The molecule has 5 nitrogen and oxygen atoms in total. The van der Waals surface area contributed by atoms with Gasteiger partial charge in [-0.05, 0) is 32.9 Å². The summed E-state index contributed by atoms with van der Waals surface area (Å²) in [5, 5.41) is 2.67. The topological polar surface area (TPSA) is 58.6 Å². The van der Waals surface area contributed by atoms with Crippen molar-refractivity contribution in [2.45, 2.75) is 32.7 Å². The number of hydrogen-bond donors (Lipinski definition) is 1. The van der Waals surface area contributed by atoms with Crippen LogP contribution >= 0.6 is 0 Å². The minimum absolute atomic E-state index is 0.150. The highest BCUT2D eigenvalue weighted by Gasteiger charge is 2.37. The normalized spacial score (nSPS) is 18.2. The molecule has 6 heteroatoms. The van der Waals surface area contributed by atoms with E-state index in [4.69, 9.17) is 4.74 Å². The first-order valence-corrected chi connectivity index (χ1v) is 6.90. The second-order valence-corrected chi connectivity index (χ2v) is 5.43. The highest BCUT2D eigenvalue weighted by atomic mass is 19.1. The Morgan fingerprint density at radius 2 is 2.10 bits per heavy atom. The number of carbonyl (C=O) groups is 2. The molecule has 1 saturated heterocycles. The van der Waals surface area contributed by atoms with Crippen LogP contribution in [-0.2, 0) is 9.59 Å². The van der Waals surface area contributed by atoms with Crippen molar-refractivity contribution in [3.8, 4) is 5.75 Å². The number of halogens is 1. The Labute approximate surface area is 123 Å². The van der Waals surface area contributed by atoms with E-state index in [1.165, 1.54) is 17.0 Å². The van der Waals surface area contributed by atoms with E-state index >= 15 is 0 Å². The van der Waals surface area contributed by atoms with Gasteiger partial charge in [-0.2, -0.15) is 0 Å². The van der Waals surface area contributed by atoms with Gasteiger partial charge >= 0.3 is 0 Å². The van der Waals surface area contributed by atoms with Crippen LogP contribution in [0.2, 0.25) is 0 Å². The molecule has 1 fully saturated rings. The Kier molecular flexibility index (Phi) is 4.16. The Balaban J connectivity index is 2.33. The van der Waals surface area contributed by atoms with Crippen molar-refractivity contribution in [2.75, 3.05) is 18.1 Å². The minimum atomic E-state index is -1.01. The third kappa shape index (κ3) is 3.15. The van der Waals surface area contributed by atoms with E-state index < -0.39 is 11.4 Å². The first-order valence-electron chi connectivity index (χ1n) is 6.90. The zero-order chi connectivity index (χ0) is 15.6. The number of anilines is 1. The number of hydrogen-bond acceptors (Lipinski definition) is 3. The summed E-state index contributed by atoms with van der Waals surface area (Å²) in [6.07, 6.45) is 0.185. The number of ether oxygens (including phenoxy) is 1. The van der Waals surface area contributed by atoms with E-state index in [-0.39, 0.29) is 30.5 Å². The lowest BCUT2D eigenvalue weighted by molar-refractivity contribution is -0.128. The Bertz CT molecular complexity index is 572. The number of nitrogens with one attached hydrogen (secondary N) is 1. The molecule has 21 heavy (non-hydrogen) atoms. The summed E-state index contributed by atoms with van der Waals surface area (Å²) in [4.78, 5) is 25.6. The van der Waals surface area contributed by atoms with Crippen molar-refractivity contribution >= 4 is 17.5 Å². The molecule has 114 valence electrons. The van der Waals surface area contributed by atoms with Gasteiger partial charge in [0.25, 0.3) is 5.91 Å². The Hall–Kier alpha value is -2.11. The molecular weight excluding hydrogens is 275 g/mol. The zero-order valence-electron chi connectivity index (χ0n) is 12.4. The van der Waals surface area contributed by atoms with Gasteiger partial charge in [0.2, 0.25) is 5.91 Å². The van der Waals surface area contributed by atoms with Gasteiger partial charge in [0, 0.05) is 24.7 Å². The molecule has 1 aliphatic heterocycles. The quantitative estimate of drug-likeness (QED) is 0.925. The number of amides is 2. The predicted octanol–water partition coefficient (Wildman–Crippen LogP) is 1.86. The first-order chi connectivity index (χ1) is 9.85. The minimum Gasteiger partial charge on any atom is -0.491 e. The fourth-order valence-electron chi connectivity index (χ4n) is 2.29.